The molecule has 0 bridgehead atoms. The van der Waals surface area contributed by atoms with Crippen molar-refractivity contribution < 1.29 is 13.2 Å². The van der Waals surface area contributed by atoms with Crippen LogP contribution in [0, 0.1) is 0 Å². The van der Waals surface area contributed by atoms with Gasteiger partial charge in [-0.2, -0.15) is 0 Å². The molecule has 4 nitrogen and oxygen atoms in total. The van der Waals surface area contributed by atoms with Crippen molar-refractivity contribution in [3.63, 3.8) is 0 Å². The van der Waals surface area contributed by atoms with Crippen LogP contribution in [-0.2, 0) is 14.6 Å². The van der Waals surface area contributed by atoms with E-state index < -0.39 is 9.84 Å². The van der Waals surface area contributed by atoms with E-state index in [1.165, 1.54) is 6.07 Å². The van der Waals surface area contributed by atoms with E-state index in [1.54, 1.807) is 12.1 Å². The van der Waals surface area contributed by atoms with Crippen molar-refractivity contribution in [2.24, 2.45) is 0 Å². The van der Waals surface area contributed by atoms with E-state index in [0.717, 1.165) is 19.3 Å². The summed E-state index contributed by atoms with van der Waals surface area (Å²) in [5, 5.41) is -0.0901. The van der Waals surface area contributed by atoms with Crippen LogP contribution in [-0.4, -0.2) is 25.9 Å². The third-order valence-electron chi connectivity index (χ3n) is 4.45. The molecule has 2 fully saturated rings. The van der Waals surface area contributed by atoms with E-state index >= 15 is 0 Å². The summed E-state index contributed by atoms with van der Waals surface area (Å²) in [4.78, 5) is 0.262. The molecule has 1 spiro atoms. The molecule has 2 N–H and O–H groups in total. The van der Waals surface area contributed by atoms with Crippen LogP contribution in [0.3, 0.4) is 0 Å². The van der Waals surface area contributed by atoms with Crippen LogP contribution < -0.4 is 5.73 Å². The highest BCUT2D eigenvalue weighted by Crippen LogP contribution is 2.44. The molecule has 1 saturated heterocycles. The van der Waals surface area contributed by atoms with E-state index in [1.807, 2.05) is 0 Å². The molecule has 0 radical (unpaired) electrons. The van der Waals surface area contributed by atoms with Crippen molar-refractivity contribution in [3.8, 4) is 0 Å². The average molecular weight is 316 g/mol. The molecule has 2 aliphatic rings. The zero-order valence-electron chi connectivity index (χ0n) is 11.1. The Bertz CT molecular complexity index is 625. The van der Waals surface area contributed by atoms with Crippen molar-refractivity contribution in [1.29, 1.82) is 0 Å². The van der Waals surface area contributed by atoms with Gasteiger partial charge in [0, 0.05) is 6.61 Å². The number of halogens is 1. The molecule has 1 heterocycles. The van der Waals surface area contributed by atoms with Gasteiger partial charge in [0.1, 0.15) is 0 Å². The number of anilines is 1. The lowest BCUT2D eigenvalue weighted by atomic mass is 9.75. The van der Waals surface area contributed by atoms with Crippen LogP contribution >= 0.6 is 11.6 Å². The fraction of sp³-hybridized carbons (Fsp3) is 0.571. The highest BCUT2D eigenvalue weighted by Gasteiger charge is 2.46. The third kappa shape index (κ3) is 2.32. The highest BCUT2D eigenvalue weighted by molar-refractivity contribution is 7.92. The molecule has 1 saturated carbocycles. The number of ether oxygens (including phenoxy) is 1. The molecule has 6 heteroatoms. The van der Waals surface area contributed by atoms with Gasteiger partial charge in [0.15, 0.2) is 9.84 Å². The van der Waals surface area contributed by atoms with Gasteiger partial charge in [0.05, 0.1) is 26.5 Å². The Balaban J connectivity index is 1.89. The number of sulfone groups is 1. The van der Waals surface area contributed by atoms with Gasteiger partial charge in [-0.05, 0) is 50.3 Å². The molecule has 1 aromatic carbocycles. The molecule has 1 atom stereocenters. The Hall–Kier alpha value is -0.780. The Labute approximate surface area is 124 Å². The number of rotatable bonds is 2. The van der Waals surface area contributed by atoms with E-state index in [0.29, 0.717) is 25.1 Å². The molecular weight excluding hydrogens is 298 g/mol. The van der Waals surface area contributed by atoms with Gasteiger partial charge >= 0.3 is 0 Å². The minimum atomic E-state index is -3.37. The normalized spacial score (nSPS) is 25.4. The Kier molecular flexibility index (Phi) is 3.47. The van der Waals surface area contributed by atoms with Gasteiger partial charge in [0.2, 0.25) is 0 Å². The first-order valence-corrected chi connectivity index (χ1v) is 8.78. The molecule has 1 aliphatic heterocycles. The topological polar surface area (TPSA) is 69.4 Å². The fourth-order valence-corrected chi connectivity index (χ4v) is 5.14. The van der Waals surface area contributed by atoms with E-state index in [4.69, 9.17) is 22.1 Å². The average Bonchev–Trinajstić information content (AvgIpc) is 2.40. The summed E-state index contributed by atoms with van der Waals surface area (Å²) < 4.78 is 31.2. The zero-order chi connectivity index (χ0) is 14.4. The first-order chi connectivity index (χ1) is 9.43. The Morgan fingerprint density at radius 1 is 1.35 bits per heavy atom. The first-order valence-electron chi connectivity index (χ1n) is 6.86. The lowest BCUT2D eigenvalue weighted by Gasteiger charge is -2.46. The van der Waals surface area contributed by atoms with Crippen molar-refractivity contribution in [2.75, 3.05) is 12.3 Å². The lowest BCUT2D eigenvalue weighted by Crippen LogP contribution is -2.49. The smallest absolute Gasteiger partial charge is 0.181 e. The van der Waals surface area contributed by atoms with Crippen LogP contribution in [0.5, 0.6) is 0 Å². The maximum atomic E-state index is 12.7. The summed E-state index contributed by atoms with van der Waals surface area (Å²) >= 11 is 5.94. The van der Waals surface area contributed by atoms with E-state index in [9.17, 15) is 8.42 Å². The maximum Gasteiger partial charge on any atom is 0.181 e. The van der Waals surface area contributed by atoms with E-state index in [2.05, 4.69) is 0 Å². The van der Waals surface area contributed by atoms with Crippen LogP contribution in [0.15, 0.2) is 23.1 Å². The largest absolute Gasteiger partial charge is 0.398 e. The second kappa shape index (κ2) is 4.90. The predicted octanol–water partition coefficient (Wildman–Crippen LogP) is 2.80. The van der Waals surface area contributed by atoms with Crippen molar-refractivity contribution in [2.45, 2.75) is 47.9 Å². The minimum absolute atomic E-state index is 0.187. The van der Waals surface area contributed by atoms with Gasteiger partial charge in [-0.15, -0.1) is 0 Å². The fourth-order valence-electron chi connectivity index (χ4n) is 3.04. The lowest BCUT2D eigenvalue weighted by molar-refractivity contribution is -0.125. The standard InChI is InChI=1S/C14H18ClNO3S/c15-12-8-10(2-3-13(12)16)20(17,18)11-4-7-19-14(9-11)5-1-6-14/h2-3,8,11H,1,4-7,9,16H2. The molecule has 110 valence electrons. The van der Waals surface area contributed by atoms with Crippen molar-refractivity contribution in [3.05, 3.63) is 23.2 Å². The molecule has 1 aliphatic carbocycles. The number of nitrogens with two attached hydrogens (primary N) is 1. The van der Waals surface area contributed by atoms with Gasteiger partial charge in [-0.1, -0.05) is 11.6 Å². The molecule has 20 heavy (non-hydrogen) atoms. The summed E-state index contributed by atoms with van der Waals surface area (Å²) in [6.45, 7) is 0.520. The van der Waals surface area contributed by atoms with Gasteiger partial charge in [-0.3, -0.25) is 0 Å². The number of nitrogen functional groups attached to an aromatic ring is 1. The summed E-state index contributed by atoms with van der Waals surface area (Å²) in [6.07, 6.45) is 4.22. The summed E-state index contributed by atoms with van der Waals surface area (Å²) in [7, 11) is -3.37. The van der Waals surface area contributed by atoms with Crippen LogP contribution in [0.25, 0.3) is 0 Å². The van der Waals surface area contributed by atoms with Crippen LogP contribution in [0.1, 0.15) is 32.1 Å². The molecule has 3 rings (SSSR count). The maximum absolute atomic E-state index is 12.7. The molecule has 1 unspecified atom stereocenters. The first kappa shape index (κ1) is 14.2. The quantitative estimate of drug-likeness (QED) is 0.852. The molecule has 0 amide bonds. The van der Waals surface area contributed by atoms with E-state index in [-0.39, 0.29) is 20.8 Å². The summed E-state index contributed by atoms with van der Waals surface area (Å²) in [6, 6.07) is 4.54. The number of benzene rings is 1. The highest BCUT2D eigenvalue weighted by atomic mass is 35.5. The Morgan fingerprint density at radius 3 is 2.70 bits per heavy atom. The molecule has 1 aromatic rings. The predicted molar refractivity (Wildman–Crippen MR) is 78.6 cm³/mol. The monoisotopic (exact) mass is 315 g/mol. The van der Waals surface area contributed by atoms with Gasteiger partial charge < -0.3 is 10.5 Å². The van der Waals surface area contributed by atoms with Crippen LogP contribution in [0.4, 0.5) is 5.69 Å². The second-order valence-corrected chi connectivity index (χ2v) is 8.36. The number of hydrogen-bond acceptors (Lipinski definition) is 4. The number of hydrogen-bond donors (Lipinski definition) is 1. The summed E-state index contributed by atoms with van der Waals surface area (Å²) in [5.74, 6) is 0. The third-order valence-corrected chi connectivity index (χ3v) is 6.97. The zero-order valence-corrected chi connectivity index (χ0v) is 12.7. The second-order valence-electron chi connectivity index (χ2n) is 5.73. The Morgan fingerprint density at radius 2 is 2.10 bits per heavy atom. The molecule has 0 aromatic heterocycles. The SMILES string of the molecule is Nc1ccc(S(=O)(=O)C2CCOC3(CCC3)C2)cc1Cl. The van der Waals surface area contributed by atoms with Crippen molar-refractivity contribution in [1.82, 2.24) is 0 Å². The van der Waals surface area contributed by atoms with Crippen molar-refractivity contribution >= 4 is 27.1 Å². The van der Waals surface area contributed by atoms with Gasteiger partial charge in [0.25, 0.3) is 0 Å². The minimum Gasteiger partial charge on any atom is -0.398 e. The van der Waals surface area contributed by atoms with Gasteiger partial charge in [-0.25, -0.2) is 8.42 Å². The molecular formula is C14H18ClNO3S. The summed E-state index contributed by atoms with van der Waals surface area (Å²) in [5.41, 5.74) is 5.85. The van der Waals surface area contributed by atoms with Crippen LogP contribution in [0.2, 0.25) is 5.02 Å².